The van der Waals surface area contributed by atoms with Gasteiger partial charge in [-0.1, -0.05) is 18.6 Å². The summed E-state index contributed by atoms with van der Waals surface area (Å²) in [5.41, 5.74) is 1.62. The van der Waals surface area contributed by atoms with Crippen LogP contribution in [0, 0.1) is 0 Å². The van der Waals surface area contributed by atoms with E-state index >= 15 is 0 Å². The van der Waals surface area contributed by atoms with Crippen LogP contribution in [0.1, 0.15) is 32.1 Å². The first kappa shape index (κ1) is 19.5. The Morgan fingerprint density at radius 3 is 2.59 bits per heavy atom. The van der Waals surface area contributed by atoms with Gasteiger partial charge >= 0.3 is 0 Å². The molecule has 29 heavy (non-hydrogen) atoms. The van der Waals surface area contributed by atoms with Gasteiger partial charge in [-0.25, -0.2) is 0 Å². The van der Waals surface area contributed by atoms with Gasteiger partial charge in [0.05, 0.1) is 17.6 Å². The van der Waals surface area contributed by atoms with Crippen LogP contribution in [0.5, 0.6) is 11.5 Å². The lowest BCUT2D eigenvalue weighted by Gasteiger charge is -2.26. The van der Waals surface area contributed by atoms with E-state index in [1.807, 2.05) is 6.07 Å². The molecule has 1 aromatic heterocycles. The Morgan fingerprint density at radius 1 is 1.00 bits per heavy atom. The first-order valence-corrected chi connectivity index (χ1v) is 10.4. The summed E-state index contributed by atoms with van der Waals surface area (Å²) in [6.07, 6.45) is 7.64. The minimum absolute atomic E-state index is 0.0926. The smallest absolute Gasteiger partial charge is 0.200 e. The van der Waals surface area contributed by atoms with E-state index < -0.39 is 0 Å². The van der Waals surface area contributed by atoms with Gasteiger partial charge in [-0.05, 0) is 75.1 Å². The minimum atomic E-state index is -0.0926. The SMILES string of the molecule is O=c1c(-c2ccc(O)cc2)coc2cc(OCCCCN3CCCCC3)ccc12. The summed E-state index contributed by atoms with van der Waals surface area (Å²) in [5.74, 6) is 0.882. The van der Waals surface area contributed by atoms with Crippen molar-refractivity contribution in [3.05, 3.63) is 59.0 Å². The molecule has 2 heterocycles. The molecule has 4 rings (SSSR count). The van der Waals surface area contributed by atoms with Gasteiger partial charge in [-0.2, -0.15) is 0 Å². The van der Waals surface area contributed by atoms with Gasteiger partial charge in [0.25, 0.3) is 0 Å². The number of nitrogens with zero attached hydrogens (tertiary/aromatic N) is 1. The van der Waals surface area contributed by atoms with Crippen LogP contribution in [0.2, 0.25) is 0 Å². The summed E-state index contributed by atoms with van der Waals surface area (Å²) in [4.78, 5) is 15.3. The molecule has 1 aliphatic heterocycles. The molecule has 0 bridgehead atoms. The lowest BCUT2D eigenvalue weighted by Crippen LogP contribution is -2.30. The molecule has 5 nitrogen and oxygen atoms in total. The largest absolute Gasteiger partial charge is 0.508 e. The standard InChI is InChI=1S/C24H27NO4/c26-19-8-6-18(7-9-19)22-17-29-23-16-20(10-11-21(23)24(22)27)28-15-5-4-14-25-12-2-1-3-13-25/h6-11,16-17,26H,1-5,12-15H2. The molecule has 0 saturated carbocycles. The fraction of sp³-hybridized carbons (Fsp3) is 0.375. The highest BCUT2D eigenvalue weighted by molar-refractivity contribution is 5.82. The zero-order chi connectivity index (χ0) is 20.1. The Balaban J connectivity index is 1.37. The maximum absolute atomic E-state index is 12.8. The van der Waals surface area contributed by atoms with Crippen molar-refractivity contribution in [3.63, 3.8) is 0 Å². The number of piperidine rings is 1. The molecular formula is C24H27NO4. The fourth-order valence-electron chi connectivity index (χ4n) is 3.85. The highest BCUT2D eigenvalue weighted by Gasteiger charge is 2.11. The molecule has 1 aliphatic rings. The molecule has 5 heteroatoms. The Bertz CT molecular complexity index is 1000. The van der Waals surface area contributed by atoms with Gasteiger partial charge in [0.2, 0.25) is 0 Å². The average Bonchev–Trinajstić information content (AvgIpc) is 2.75. The van der Waals surface area contributed by atoms with Crippen molar-refractivity contribution in [2.45, 2.75) is 32.1 Å². The maximum atomic E-state index is 12.8. The monoisotopic (exact) mass is 393 g/mol. The number of phenols is 1. The molecule has 0 radical (unpaired) electrons. The molecule has 1 N–H and O–H groups in total. The molecule has 0 spiro atoms. The van der Waals surface area contributed by atoms with Crippen LogP contribution in [-0.4, -0.2) is 36.2 Å². The van der Waals surface area contributed by atoms with E-state index in [-0.39, 0.29) is 11.2 Å². The fourth-order valence-corrected chi connectivity index (χ4v) is 3.85. The number of hydrogen-bond acceptors (Lipinski definition) is 5. The molecule has 3 aromatic rings. The predicted molar refractivity (Wildman–Crippen MR) is 115 cm³/mol. The number of hydrogen-bond donors (Lipinski definition) is 1. The molecule has 0 amide bonds. The highest BCUT2D eigenvalue weighted by atomic mass is 16.5. The van der Waals surface area contributed by atoms with E-state index in [4.69, 9.17) is 9.15 Å². The van der Waals surface area contributed by atoms with Crippen molar-refractivity contribution < 1.29 is 14.3 Å². The van der Waals surface area contributed by atoms with Crippen molar-refractivity contribution >= 4 is 11.0 Å². The molecule has 2 aromatic carbocycles. The van der Waals surface area contributed by atoms with Gasteiger partial charge in [-0.3, -0.25) is 4.79 Å². The zero-order valence-electron chi connectivity index (χ0n) is 16.6. The van der Waals surface area contributed by atoms with Crippen LogP contribution in [0.4, 0.5) is 0 Å². The second-order valence-corrected chi connectivity index (χ2v) is 7.64. The van der Waals surface area contributed by atoms with Crippen molar-refractivity contribution in [1.29, 1.82) is 0 Å². The number of aromatic hydroxyl groups is 1. The first-order valence-electron chi connectivity index (χ1n) is 10.4. The number of fused-ring (bicyclic) bond motifs is 1. The average molecular weight is 393 g/mol. The van der Waals surface area contributed by atoms with Crippen LogP contribution in [0.3, 0.4) is 0 Å². The first-order chi connectivity index (χ1) is 14.2. The van der Waals surface area contributed by atoms with Crippen molar-refractivity contribution in [3.8, 4) is 22.6 Å². The highest BCUT2D eigenvalue weighted by Crippen LogP contribution is 2.24. The maximum Gasteiger partial charge on any atom is 0.200 e. The lowest BCUT2D eigenvalue weighted by atomic mass is 10.1. The van der Waals surface area contributed by atoms with E-state index in [0.717, 1.165) is 25.1 Å². The number of unbranched alkanes of at least 4 members (excludes halogenated alkanes) is 1. The van der Waals surface area contributed by atoms with Gasteiger partial charge < -0.3 is 19.2 Å². The van der Waals surface area contributed by atoms with Crippen LogP contribution in [0.25, 0.3) is 22.1 Å². The third-order valence-electron chi connectivity index (χ3n) is 5.51. The Kier molecular flexibility index (Phi) is 6.15. The summed E-state index contributed by atoms with van der Waals surface area (Å²) in [7, 11) is 0. The Morgan fingerprint density at radius 2 is 1.79 bits per heavy atom. The summed E-state index contributed by atoms with van der Waals surface area (Å²) in [5, 5.41) is 9.95. The van der Waals surface area contributed by atoms with Crippen LogP contribution in [0.15, 0.2) is 57.9 Å². The minimum Gasteiger partial charge on any atom is -0.508 e. The molecular weight excluding hydrogens is 366 g/mol. The topological polar surface area (TPSA) is 62.9 Å². The van der Waals surface area contributed by atoms with E-state index in [0.29, 0.717) is 28.7 Å². The van der Waals surface area contributed by atoms with E-state index in [1.54, 1.807) is 36.4 Å². The third-order valence-corrected chi connectivity index (χ3v) is 5.51. The van der Waals surface area contributed by atoms with Gasteiger partial charge in [0.1, 0.15) is 23.3 Å². The lowest BCUT2D eigenvalue weighted by molar-refractivity contribution is 0.216. The van der Waals surface area contributed by atoms with E-state index in [1.165, 1.54) is 38.6 Å². The zero-order valence-corrected chi connectivity index (χ0v) is 16.6. The normalized spacial score (nSPS) is 14.9. The summed E-state index contributed by atoms with van der Waals surface area (Å²) < 4.78 is 11.6. The number of benzene rings is 2. The van der Waals surface area contributed by atoms with Crippen molar-refractivity contribution in [2.75, 3.05) is 26.2 Å². The van der Waals surface area contributed by atoms with Gasteiger partial charge in [0.15, 0.2) is 5.43 Å². The summed E-state index contributed by atoms with van der Waals surface area (Å²) in [6, 6.07) is 11.9. The molecule has 0 unspecified atom stereocenters. The quantitative estimate of drug-likeness (QED) is 0.584. The molecule has 0 aliphatic carbocycles. The molecule has 1 fully saturated rings. The second-order valence-electron chi connectivity index (χ2n) is 7.64. The Hall–Kier alpha value is -2.79. The van der Waals surface area contributed by atoms with Crippen molar-refractivity contribution in [1.82, 2.24) is 4.90 Å². The van der Waals surface area contributed by atoms with E-state index in [9.17, 15) is 9.90 Å². The number of ether oxygens (including phenoxy) is 1. The van der Waals surface area contributed by atoms with Crippen LogP contribution in [-0.2, 0) is 0 Å². The van der Waals surface area contributed by atoms with E-state index in [2.05, 4.69) is 4.90 Å². The second kappa shape index (κ2) is 9.14. The molecule has 0 atom stereocenters. The Labute approximate surface area is 170 Å². The molecule has 1 saturated heterocycles. The number of likely N-dealkylation sites (tertiary alicyclic amines) is 1. The van der Waals surface area contributed by atoms with Gasteiger partial charge in [-0.15, -0.1) is 0 Å². The summed E-state index contributed by atoms with van der Waals surface area (Å²) >= 11 is 0. The van der Waals surface area contributed by atoms with Crippen molar-refractivity contribution in [2.24, 2.45) is 0 Å². The molecule has 152 valence electrons. The number of phenolic OH excluding ortho intramolecular Hbond substituents is 1. The van der Waals surface area contributed by atoms with Crippen LogP contribution >= 0.6 is 0 Å². The predicted octanol–water partition coefficient (Wildman–Crippen LogP) is 4.81. The summed E-state index contributed by atoms with van der Waals surface area (Å²) in [6.45, 7) is 4.28. The van der Waals surface area contributed by atoms with Gasteiger partial charge in [0, 0.05) is 6.07 Å². The third kappa shape index (κ3) is 4.80. The number of rotatable bonds is 7. The van der Waals surface area contributed by atoms with Crippen LogP contribution < -0.4 is 10.2 Å².